The number of hydrogen-bond acceptors (Lipinski definition) is 0. The average Bonchev–Trinajstić information content (AvgIpc) is 2.48. The van der Waals surface area contributed by atoms with E-state index in [1.54, 1.807) is 0 Å². The summed E-state index contributed by atoms with van der Waals surface area (Å²) in [5.41, 5.74) is 5.08. The molecule has 0 heteroatoms. The molecule has 0 atom stereocenters. The highest BCUT2D eigenvalue weighted by molar-refractivity contribution is 5.65. The number of rotatable bonds is 5. The molecule has 0 heterocycles. The smallest absolute Gasteiger partial charge is 0.0184 e. The van der Waals surface area contributed by atoms with E-state index in [9.17, 15) is 0 Å². The quantitative estimate of drug-likeness (QED) is 0.612. The predicted octanol–water partition coefficient (Wildman–Crippen LogP) is 5.51. The van der Waals surface area contributed by atoms with E-state index in [0.717, 1.165) is 18.4 Å². The van der Waals surface area contributed by atoms with Crippen LogP contribution in [0, 0.1) is 0 Å². The molecule has 0 nitrogen and oxygen atoms in total. The SMILES string of the molecule is C=Cc1ccc(-c2ccc(CCC=CC)cc2)cc1. The Kier molecular flexibility index (Phi) is 4.74. The second-order valence-electron chi connectivity index (χ2n) is 4.63. The minimum absolute atomic E-state index is 1.11. The zero-order valence-electron chi connectivity index (χ0n) is 11.5. The van der Waals surface area contributed by atoms with Gasteiger partial charge in [-0.2, -0.15) is 0 Å². The lowest BCUT2D eigenvalue weighted by molar-refractivity contribution is 1.000. The first kappa shape index (κ1) is 13.4. The Morgan fingerprint density at radius 2 is 1.47 bits per heavy atom. The van der Waals surface area contributed by atoms with E-state index in [1.807, 2.05) is 6.08 Å². The minimum atomic E-state index is 1.11. The van der Waals surface area contributed by atoms with Crippen molar-refractivity contribution in [2.45, 2.75) is 19.8 Å². The lowest BCUT2D eigenvalue weighted by atomic mass is 10.0. The van der Waals surface area contributed by atoms with Crippen molar-refractivity contribution in [2.75, 3.05) is 0 Å². The van der Waals surface area contributed by atoms with E-state index in [4.69, 9.17) is 0 Å². The molecule has 0 aromatic heterocycles. The van der Waals surface area contributed by atoms with Crippen molar-refractivity contribution in [3.8, 4) is 11.1 Å². The molecule has 0 amide bonds. The zero-order valence-corrected chi connectivity index (χ0v) is 11.5. The van der Waals surface area contributed by atoms with Gasteiger partial charge < -0.3 is 0 Å². The van der Waals surface area contributed by atoms with Gasteiger partial charge in [-0.3, -0.25) is 0 Å². The van der Waals surface area contributed by atoms with Crippen LogP contribution in [0.15, 0.2) is 67.3 Å². The van der Waals surface area contributed by atoms with Crippen LogP contribution >= 0.6 is 0 Å². The molecule has 0 aliphatic rings. The summed E-state index contributed by atoms with van der Waals surface area (Å²) in [6.07, 6.45) is 8.41. The molecule has 2 aromatic rings. The average molecular weight is 248 g/mol. The van der Waals surface area contributed by atoms with E-state index in [2.05, 4.69) is 74.2 Å². The maximum Gasteiger partial charge on any atom is -0.0184 e. The van der Waals surface area contributed by atoms with Gasteiger partial charge >= 0.3 is 0 Å². The Labute approximate surface area is 116 Å². The normalized spacial score (nSPS) is 10.8. The lowest BCUT2D eigenvalue weighted by Crippen LogP contribution is -1.84. The van der Waals surface area contributed by atoms with Crippen molar-refractivity contribution in [2.24, 2.45) is 0 Å². The van der Waals surface area contributed by atoms with E-state index in [0.29, 0.717) is 0 Å². The van der Waals surface area contributed by atoms with Crippen molar-refractivity contribution in [1.29, 1.82) is 0 Å². The third-order valence-corrected chi connectivity index (χ3v) is 3.27. The summed E-state index contributed by atoms with van der Waals surface area (Å²) in [6, 6.07) is 17.3. The molecule has 0 spiro atoms. The van der Waals surface area contributed by atoms with Gasteiger partial charge in [-0.15, -0.1) is 0 Å². The fourth-order valence-electron chi connectivity index (χ4n) is 2.09. The van der Waals surface area contributed by atoms with Crippen LogP contribution in [0.4, 0.5) is 0 Å². The summed E-state index contributed by atoms with van der Waals surface area (Å²) in [5, 5.41) is 0. The van der Waals surface area contributed by atoms with Crippen LogP contribution in [0.1, 0.15) is 24.5 Å². The van der Waals surface area contributed by atoms with Gasteiger partial charge in [0.1, 0.15) is 0 Å². The summed E-state index contributed by atoms with van der Waals surface area (Å²) in [6.45, 7) is 5.84. The van der Waals surface area contributed by atoms with Crippen LogP contribution in [-0.2, 0) is 6.42 Å². The van der Waals surface area contributed by atoms with E-state index in [1.165, 1.54) is 16.7 Å². The van der Waals surface area contributed by atoms with Crippen LogP contribution in [0.3, 0.4) is 0 Å². The van der Waals surface area contributed by atoms with Gasteiger partial charge in [0.05, 0.1) is 0 Å². The Bertz CT molecular complexity index is 542. The van der Waals surface area contributed by atoms with Gasteiger partial charge in [0.15, 0.2) is 0 Å². The first-order valence-corrected chi connectivity index (χ1v) is 6.76. The fraction of sp³-hybridized carbons (Fsp3) is 0.158. The van der Waals surface area contributed by atoms with Crippen LogP contribution in [0.5, 0.6) is 0 Å². The third kappa shape index (κ3) is 3.69. The summed E-state index contributed by atoms with van der Waals surface area (Å²) in [5.74, 6) is 0. The first-order valence-electron chi connectivity index (χ1n) is 6.76. The first-order chi connectivity index (χ1) is 9.33. The Balaban J connectivity index is 2.10. The number of hydrogen-bond donors (Lipinski definition) is 0. The van der Waals surface area contributed by atoms with Gasteiger partial charge in [-0.1, -0.05) is 73.3 Å². The van der Waals surface area contributed by atoms with Crippen LogP contribution in [0.25, 0.3) is 17.2 Å². The molecule has 0 radical (unpaired) electrons. The second-order valence-corrected chi connectivity index (χ2v) is 4.63. The van der Waals surface area contributed by atoms with Crippen LogP contribution in [0.2, 0.25) is 0 Å². The van der Waals surface area contributed by atoms with E-state index >= 15 is 0 Å². The highest BCUT2D eigenvalue weighted by Crippen LogP contribution is 2.21. The van der Waals surface area contributed by atoms with Crippen LogP contribution < -0.4 is 0 Å². The Morgan fingerprint density at radius 1 is 0.895 bits per heavy atom. The third-order valence-electron chi connectivity index (χ3n) is 3.27. The second kappa shape index (κ2) is 6.75. The monoisotopic (exact) mass is 248 g/mol. The molecule has 0 bridgehead atoms. The van der Waals surface area contributed by atoms with Crippen molar-refractivity contribution in [3.05, 3.63) is 78.4 Å². The molecule has 0 fully saturated rings. The molecule has 96 valence electrons. The van der Waals surface area contributed by atoms with E-state index < -0.39 is 0 Å². The maximum atomic E-state index is 3.77. The van der Waals surface area contributed by atoms with Crippen molar-refractivity contribution < 1.29 is 0 Å². The van der Waals surface area contributed by atoms with Gasteiger partial charge in [-0.25, -0.2) is 0 Å². The molecule has 0 aliphatic heterocycles. The molecule has 2 aromatic carbocycles. The standard InChI is InChI=1S/C19H20/c1-3-5-6-7-17-10-14-19(15-11-17)18-12-8-16(4-2)9-13-18/h3-5,8-15H,2,6-7H2,1H3. The largest absolute Gasteiger partial charge is 0.0985 e. The summed E-state index contributed by atoms with van der Waals surface area (Å²) in [7, 11) is 0. The molecule has 2 rings (SSSR count). The highest BCUT2D eigenvalue weighted by Gasteiger charge is 1.98. The molecule has 0 saturated heterocycles. The predicted molar refractivity (Wildman–Crippen MR) is 85.1 cm³/mol. The highest BCUT2D eigenvalue weighted by atomic mass is 14.0. The van der Waals surface area contributed by atoms with Gasteiger partial charge in [-0.05, 0) is 42.0 Å². The van der Waals surface area contributed by atoms with Crippen molar-refractivity contribution in [1.82, 2.24) is 0 Å². The lowest BCUT2D eigenvalue weighted by Gasteiger charge is -2.04. The van der Waals surface area contributed by atoms with Gasteiger partial charge in [0.25, 0.3) is 0 Å². The van der Waals surface area contributed by atoms with Crippen molar-refractivity contribution in [3.63, 3.8) is 0 Å². The molecular weight excluding hydrogens is 228 g/mol. The van der Waals surface area contributed by atoms with Gasteiger partial charge in [0.2, 0.25) is 0 Å². The topological polar surface area (TPSA) is 0 Å². The zero-order chi connectivity index (χ0) is 13.5. The maximum absolute atomic E-state index is 3.77. The molecule has 0 aliphatic carbocycles. The molecule has 19 heavy (non-hydrogen) atoms. The molecule has 0 saturated carbocycles. The van der Waals surface area contributed by atoms with Gasteiger partial charge in [0, 0.05) is 0 Å². The molecule has 0 unspecified atom stereocenters. The Hall–Kier alpha value is -2.08. The minimum Gasteiger partial charge on any atom is -0.0985 e. The summed E-state index contributed by atoms with van der Waals surface area (Å²) >= 11 is 0. The van der Waals surface area contributed by atoms with Crippen molar-refractivity contribution >= 4 is 6.08 Å². The molecule has 0 N–H and O–H groups in total. The Morgan fingerprint density at radius 3 is 2.00 bits per heavy atom. The summed E-state index contributed by atoms with van der Waals surface area (Å²) < 4.78 is 0. The fourth-order valence-corrected chi connectivity index (χ4v) is 2.09. The number of benzene rings is 2. The molecular formula is C19H20. The number of aryl methyl sites for hydroxylation is 1. The number of allylic oxidation sites excluding steroid dienone is 2. The summed E-state index contributed by atoms with van der Waals surface area (Å²) in [4.78, 5) is 0. The van der Waals surface area contributed by atoms with Crippen LogP contribution in [-0.4, -0.2) is 0 Å². The van der Waals surface area contributed by atoms with E-state index in [-0.39, 0.29) is 0 Å².